The van der Waals surface area contributed by atoms with Gasteiger partial charge in [-0.15, -0.1) is 6.58 Å². The maximum Gasteiger partial charge on any atom is 0.227 e. The number of pyridine rings is 1. The van der Waals surface area contributed by atoms with Crippen LogP contribution >= 0.6 is 0 Å². The molecule has 4 aromatic rings. The molecule has 4 rings (SSSR count). The highest BCUT2D eigenvalue weighted by Gasteiger charge is 2.10. The van der Waals surface area contributed by atoms with E-state index in [1.807, 2.05) is 30.3 Å². The zero-order chi connectivity index (χ0) is 28.9. The molecule has 40 heavy (non-hydrogen) atoms. The van der Waals surface area contributed by atoms with E-state index in [0.29, 0.717) is 28.8 Å². The van der Waals surface area contributed by atoms with Gasteiger partial charge in [0.2, 0.25) is 5.95 Å². The van der Waals surface area contributed by atoms with Crippen LogP contribution in [0, 0.1) is 5.92 Å². The van der Waals surface area contributed by atoms with Gasteiger partial charge in [-0.1, -0.05) is 13.0 Å². The Labute approximate surface area is 234 Å². The van der Waals surface area contributed by atoms with Gasteiger partial charge in [0, 0.05) is 54.4 Å². The van der Waals surface area contributed by atoms with E-state index in [-0.39, 0.29) is 31.5 Å². The smallest absolute Gasteiger partial charge is 0.227 e. The van der Waals surface area contributed by atoms with Gasteiger partial charge in [-0.05, 0) is 56.4 Å². The molecule has 10 heteroatoms. The number of ether oxygens (including phenoxy) is 1. The van der Waals surface area contributed by atoms with Gasteiger partial charge in [0.1, 0.15) is 5.75 Å². The minimum Gasteiger partial charge on any atom is -0.493 e. The molecule has 0 bridgehead atoms. The molecule has 0 radical (unpaired) electrons. The summed E-state index contributed by atoms with van der Waals surface area (Å²) in [5.74, 6) is 0.603. The summed E-state index contributed by atoms with van der Waals surface area (Å²) in [5.41, 5.74) is 3.43. The molecule has 0 fully saturated rings. The van der Waals surface area contributed by atoms with E-state index in [4.69, 9.17) is 4.74 Å². The number of fused-ring (bicyclic) bond motifs is 1. The number of benzene rings is 1. The first-order valence-corrected chi connectivity index (χ1v) is 13.2. The molecule has 0 aliphatic carbocycles. The Kier molecular flexibility index (Phi) is 11.8. The van der Waals surface area contributed by atoms with Crippen molar-refractivity contribution in [2.45, 2.75) is 20.3 Å². The van der Waals surface area contributed by atoms with Gasteiger partial charge in [-0.2, -0.15) is 0 Å². The monoisotopic (exact) mass is 546 g/mol. The van der Waals surface area contributed by atoms with E-state index >= 15 is 0 Å². The third-order valence-electron chi connectivity index (χ3n) is 5.95. The second kappa shape index (κ2) is 15.5. The van der Waals surface area contributed by atoms with Crippen molar-refractivity contribution in [1.29, 1.82) is 0 Å². The second-order valence-corrected chi connectivity index (χ2v) is 9.40. The van der Waals surface area contributed by atoms with Crippen LogP contribution in [0.2, 0.25) is 0 Å². The van der Waals surface area contributed by atoms with Crippen molar-refractivity contribution in [3.05, 3.63) is 73.2 Å². The van der Waals surface area contributed by atoms with Gasteiger partial charge >= 0.3 is 0 Å². The van der Waals surface area contributed by atoms with Crippen LogP contribution < -0.4 is 10.1 Å². The Morgan fingerprint density at radius 2 is 1.90 bits per heavy atom. The number of likely N-dealkylation sites (N-methyl/N-ethyl adjacent to an activating group) is 1. The summed E-state index contributed by atoms with van der Waals surface area (Å²) >= 11 is 0. The summed E-state index contributed by atoms with van der Waals surface area (Å²) in [7, 11) is 2.10. The summed E-state index contributed by atoms with van der Waals surface area (Å²) in [5, 5.41) is 22.4. The molecule has 1 aromatic carbocycles. The van der Waals surface area contributed by atoms with Crippen molar-refractivity contribution >= 4 is 28.3 Å². The lowest BCUT2D eigenvalue weighted by Crippen LogP contribution is -2.19. The molecule has 0 aliphatic rings. The third kappa shape index (κ3) is 8.98. The maximum atomic E-state index is 11.6. The van der Waals surface area contributed by atoms with Crippen LogP contribution in [0.15, 0.2) is 67.5 Å². The number of aromatic nitrogens is 4. The van der Waals surface area contributed by atoms with Crippen LogP contribution in [-0.2, 0) is 0 Å². The van der Waals surface area contributed by atoms with E-state index in [0.717, 1.165) is 23.1 Å². The molecule has 0 saturated heterocycles. The second-order valence-electron chi connectivity index (χ2n) is 9.40. The number of ketones is 1. The Morgan fingerprint density at radius 1 is 1.12 bits per heavy atom. The molecule has 0 saturated carbocycles. The van der Waals surface area contributed by atoms with Crippen molar-refractivity contribution in [2.24, 2.45) is 5.92 Å². The van der Waals surface area contributed by atoms with Crippen molar-refractivity contribution in [3.8, 4) is 17.1 Å². The maximum absolute atomic E-state index is 11.6. The molecular formula is C30H38N6O4. The minimum atomic E-state index is -0.342. The number of aliphatic hydroxyl groups is 2. The van der Waals surface area contributed by atoms with E-state index in [9.17, 15) is 15.0 Å². The number of hydrogen-bond acceptors (Lipinski definition) is 9. The van der Waals surface area contributed by atoms with Crippen LogP contribution in [0.1, 0.15) is 30.8 Å². The Balaban J connectivity index is 0.000000482. The fourth-order valence-corrected chi connectivity index (χ4v) is 3.80. The first-order chi connectivity index (χ1) is 19.4. The van der Waals surface area contributed by atoms with Crippen LogP contribution in [-0.4, -0.2) is 80.8 Å². The molecule has 0 unspecified atom stereocenters. The van der Waals surface area contributed by atoms with Crippen molar-refractivity contribution in [1.82, 2.24) is 24.8 Å². The van der Waals surface area contributed by atoms with Gasteiger partial charge in [0.25, 0.3) is 0 Å². The van der Waals surface area contributed by atoms with E-state index < -0.39 is 0 Å². The summed E-state index contributed by atoms with van der Waals surface area (Å²) in [6, 6.07) is 12.7. The molecule has 10 nitrogen and oxygen atoms in total. The average Bonchev–Trinajstić information content (AvgIpc) is 3.39. The zero-order valence-corrected chi connectivity index (χ0v) is 23.3. The standard InChI is InChI=1S/C23H23N5O4.C7H15N/c1-14(31)21-9-16-8-17(2-3-19(16)27-21)26-23-25-7-5-20(28-23)22-10-18(4-6-24-22)32-13-15(11-29)12-30;1-4-6-8(3)7-5-2/h2-10,15,27,29-30H,11-13H2,1H3,(H,25,26,28);4H,1,5-7H2,2-3H3. The van der Waals surface area contributed by atoms with E-state index in [1.165, 1.54) is 19.9 Å². The number of carbonyl (C=O) groups excluding carboxylic acids is 1. The number of Topliss-reactive ketones (excluding diaryl/α,β-unsaturated/α-hetero) is 1. The van der Waals surface area contributed by atoms with Gasteiger partial charge in [0.05, 0.1) is 36.9 Å². The number of nitrogens with one attached hydrogen (secondary N) is 2. The Hall–Kier alpha value is -4.12. The van der Waals surface area contributed by atoms with Crippen molar-refractivity contribution < 1.29 is 19.7 Å². The normalized spacial score (nSPS) is 10.9. The number of nitrogens with zero attached hydrogens (tertiary/aromatic N) is 4. The largest absolute Gasteiger partial charge is 0.493 e. The Morgan fingerprint density at radius 3 is 2.60 bits per heavy atom. The summed E-state index contributed by atoms with van der Waals surface area (Å²) in [4.78, 5) is 30.1. The average molecular weight is 547 g/mol. The molecule has 0 aliphatic heterocycles. The predicted octanol–water partition coefficient (Wildman–Crippen LogP) is 4.46. The highest BCUT2D eigenvalue weighted by atomic mass is 16.5. The van der Waals surface area contributed by atoms with Crippen LogP contribution in [0.4, 0.5) is 11.6 Å². The fourth-order valence-electron chi connectivity index (χ4n) is 3.80. The highest BCUT2D eigenvalue weighted by Crippen LogP contribution is 2.24. The molecule has 0 spiro atoms. The Bertz CT molecular complexity index is 1390. The molecular weight excluding hydrogens is 508 g/mol. The first-order valence-electron chi connectivity index (χ1n) is 13.2. The highest BCUT2D eigenvalue weighted by molar-refractivity contribution is 5.98. The number of aliphatic hydroxyl groups excluding tert-OH is 2. The van der Waals surface area contributed by atoms with Gasteiger partial charge in [0.15, 0.2) is 5.78 Å². The zero-order valence-electron chi connectivity index (χ0n) is 23.3. The fraction of sp³-hybridized carbons (Fsp3) is 0.333. The lowest BCUT2D eigenvalue weighted by molar-refractivity contribution is 0.101. The van der Waals surface area contributed by atoms with Gasteiger partial charge in [-0.25, -0.2) is 9.97 Å². The SMILES string of the molecule is C=CCN(C)CCC.CC(=O)c1cc2cc(Nc3nccc(-c4cc(OCC(CO)CO)ccn4)n3)ccc2[nH]1. The number of anilines is 2. The van der Waals surface area contributed by atoms with E-state index in [1.54, 1.807) is 30.6 Å². The van der Waals surface area contributed by atoms with Crippen molar-refractivity contribution in [3.63, 3.8) is 0 Å². The number of hydrogen-bond donors (Lipinski definition) is 4. The lowest BCUT2D eigenvalue weighted by atomic mass is 10.2. The third-order valence-corrected chi connectivity index (χ3v) is 5.95. The summed E-state index contributed by atoms with van der Waals surface area (Å²) in [6.45, 7) is 9.41. The molecule has 0 atom stereocenters. The predicted molar refractivity (Wildman–Crippen MR) is 158 cm³/mol. The topological polar surface area (TPSA) is 136 Å². The quantitative estimate of drug-likeness (QED) is 0.141. The molecule has 3 heterocycles. The molecule has 212 valence electrons. The number of carbonyl (C=O) groups is 1. The molecule has 0 amide bonds. The number of aromatic amines is 1. The molecule has 3 aromatic heterocycles. The molecule has 4 N–H and O–H groups in total. The minimum absolute atomic E-state index is 0.0197. The van der Waals surface area contributed by atoms with Crippen LogP contribution in [0.25, 0.3) is 22.3 Å². The lowest BCUT2D eigenvalue weighted by Gasteiger charge is -2.13. The summed E-state index contributed by atoms with van der Waals surface area (Å²) < 4.78 is 5.65. The van der Waals surface area contributed by atoms with Crippen molar-refractivity contribution in [2.75, 3.05) is 45.3 Å². The first kappa shape index (κ1) is 30.4. The van der Waals surface area contributed by atoms with Crippen LogP contribution in [0.3, 0.4) is 0 Å². The summed E-state index contributed by atoms with van der Waals surface area (Å²) in [6.07, 6.45) is 6.40. The van der Waals surface area contributed by atoms with Crippen LogP contribution in [0.5, 0.6) is 5.75 Å². The van der Waals surface area contributed by atoms with Gasteiger partial charge < -0.3 is 30.2 Å². The van der Waals surface area contributed by atoms with E-state index in [2.05, 4.69) is 50.7 Å². The number of H-pyrrole nitrogens is 1. The van der Waals surface area contributed by atoms with Gasteiger partial charge in [-0.3, -0.25) is 9.78 Å². The number of rotatable bonds is 13.